The number of ether oxygens (including phenoxy) is 1. The van der Waals surface area contributed by atoms with Crippen LogP contribution in [-0.2, 0) is 0 Å². The molecule has 0 amide bonds. The van der Waals surface area contributed by atoms with Crippen molar-refractivity contribution >= 4 is 44.1 Å². The van der Waals surface area contributed by atoms with E-state index in [2.05, 4.69) is 16.3 Å². The van der Waals surface area contributed by atoms with Crippen LogP contribution in [0.15, 0.2) is 53.7 Å². The first-order chi connectivity index (χ1) is 11.8. The van der Waals surface area contributed by atoms with Crippen LogP contribution in [-0.4, -0.2) is 33.2 Å². The number of carbonyl (C=O) groups excluding carboxylic acids is 1. The largest absolute Gasteiger partial charge is 0.497 e. The van der Waals surface area contributed by atoms with Crippen LogP contribution in [0.2, 0.25) is 0 Å². The van der Waals surface area contributed by atoms with Gasteiger partial charge in [0.25, 0.3) is 0 Å². The summed E-state index contributed by atoms with van der Waals surface area (Å²) < 4.78 is 8.33. The lowest BCUT2D eigenvalue weighted by Crippen LogP contribution is -2.03. The fourth-order valence-electron chi connectivity index (χ4n) is 2.46. The fraction of sp³-hybridized carbons (Fsp3) is 0.118. The molecule has 120 valence electrons. The van der Waals surface area contributed by atoms with Crippen LogP contribution < -0.4 is 4.74 Å². The van der Waals surface area contributed by atoms with Crippen LogP contribution in [0.4, 0.5) is 0 Å². The summed E-state index contributed by atoms with van der Waals surface area (Å²) in [7, 11) is 1.59. The smallest absolute Gasteiger partial charge is 0.217 e. The van der Waals surface area contributed by atoms with Gasteiger partial charge < -0.3 is 4.74 Å². The van der Waals surface area contributed by atoms with E-state index in [1.807, 2.05) is 34.7 Å². The number of aromatic nitrogens is 3. The molecule has 4 aromatic rings. The molecular weight excluding hydrogens is 342 g/mol. The monoisotopic (exact) mass is 355 g/mol. The second-order valence-electron chi connectivity index (χ2n) is 5.11. The second kappa shape index (κ2) is 6.26. The molecule has 4 rings (SSSR count). The molecule has 2 aromatic heterocycles. The highest BCUT2D eigenvalue weighted by Crippen LogP contribution is 2.29. The van der Waals surface area contributed by atoms with E-state index in [0.717, 1.165) is 20.3 Å². The Kier molecular flexibility index (Phi) is 3.95. The number of rotatable bonds is 5. The van der Waals surface area contributed by atoms with Crippen LogP contribution >= 0.6 is 23.1 Å². The van der Waals surface area contributed by atoms with Crippen molar-refractivity contribution in [3.8, 4) is 5.75 Å². The number of thioether (sulfide) groups is 1. The van der Waals surface area contributed by atoms with E-state index < -0.39 is 0 Å². The minimum absolute atomic E-state index is 0.0372. The fourth-order valence-corrected chi connectivity index (χ4v) is 4.32. The van der Waals surface area contributed by atoms with Crippen LogP contribution in [0.1, 0.15) is 10.4 Å². The summed E-state index contributed by atoms with van der Waals surface area (Å²) in [5.74, 6) is 1.02. The number of hydrogen-bond donors (Lipinski definition) is 0. The molecule has 0 N–H and O–H groups in total. The Morgan fingerprint density at radius 3 is 2.96 bits per heavy atom. The Morgan fingerprint density at radius 1 is 1.21 bits per heavy atom. The van der Waals surface area contributed by atoms with Crippen molar-refractivity contribution in [3.05, 3.63) is 54.1 Å². The van der Waals surface area contributed by atoms with Gasteiger partial charge in [0.2, 0.25) is 4.96 Å². The molecule has 0 atom stereocenters. The Labute approximate surface area is 146 Å². The van der Waals surface area contributed by atoms with Crippen molar-refractivity contribution in [2.24, 2.45) is 0 Å². The molecule has 5 nitrogen and oxygen atoms in total. The first kappa shape index (κ1) is 15.2. The predicted octanol–water partition coefficient (Wildman–Crippen LogP) is 3.93. The third kappa shape index (κ3) is 2.65. The maximum atomic E-state index is 12.4. The number of thiazole rings is 1. The van der Waals surface area contributed by atoms with Gasteiger partial charge >= 0.3 is 0 Å². The van der Waals surface area contributed by atoms with Gasteiger partial charge in [-0.25, -0.2) is 0 Å². The quantitative estimate of drug-likeness (QED) is 0.401. The lowest BCUT2D eigenvalue weighted by Gasteiger charge is -2.03. The first-order valence-corrected chi connectivity index (χ1v) is 9.09. The van der Waals surface area contributed by atoms with Gasteiger partial charge in [0.05, 0.1) is 23.1 Å². The van der Waals surface area contributed by atoms with Gasteiger partial charge in [-0.2, -0.15) is 0 Å². The van der Waals surface area contributed by atoms with Gasteiger partial charge in [-0.05, 0) is 24.3 Å². The molecule has 0 radical (unpaired) electrons. The third-order valence-electron chi connectivity index (χ3n) is 3.64. The van der Waals surface area contributed by atoms with Crippen LogP contribution in [0.5, 0.6) is 5.75 Å². The van der Waals surface area contributed by atoms with E-state index in [-0.39, 0.29) is 5.78 Å². The number of fused-ring (bicyclic) bond motifs is 3. The number of carbonyl (C=O) groups is 1. The van der Waals surface area contributed by atoms with Crippen molar-refractivity contribution in [1.29, 1.82) is 0 Å². The van der Waals surface area contributed by atoms with E-state index in [4.69, 9.17) is 4.74 Å². The molecule has 0 saturated heterocycles. The molecule has 7 heteroatoms. The normalized spacial score (nSPS) is 11.2. The summed E-state index contributed by atoms with van der Waals surface area (Å²) in [5.41, 5.74) is 1.71. The van der Waals surface area contributed by atoms with Gasteiger partial charge in [-0.3, -0.25) is 9.20 Å². The Balaban J connectivity index is 1.59. The Bertz CT molecular complexity index is 1040. The molecule has 0 aliphatic carbocycles. The van der Waals surface area contributed by atoms with Gasteiger partial charge in [-0.15, -0.1) is 10.2 Å². The molecule has 0 spiro atoms. The van der Waals surface area contributed by atoms with E-state index in [9.17, 15) is 4.79 Å². The maximum absolute atomic E-state index is 12.4. The molecule has 0 fully saturated rings. The van der Waals surface area contributed by atoms with Crippen molar-refractivity contribution in [1.82, 2.24) is 14.6 Å². The van der Waals surface area contributed by atoms with Crippen LogP contribution in [0.3, 0.4) is 0 Å². The zero-order valence-corrected chi connectivity index (χ0v) is 14.4. The van der Waals surface area contributed by atoms with Crippen LogP contribution in [0, 0.1) is 0 Å². The average molecular weight is 355 g/mol. The van der Waals surface area contributed by atoms with Gasteiger partial charge in [0.1, 0.15) is 5.75 Å². The van der Waals surface area contributed by atoms with Gasteiger partial charge in [-0.1, -0.05) is 47.4 Å². The van der Waals surface area contributed by atoms with E-state index in [1.165, 1.54) is 11.8 Å². The minimum Gasteiger partial charge on any atom is -0.497 e. The molecule has 0 aliphatic rings. The summed E-state index contributed by atoms with van der Waals surface area (Å²) in [6.45, 7) is 0. The molecule has 24 heavy (non-hydrogen) atoms. The zero-order valence-electron chi connectivity index (χ0n) is 12.8. The molecule has 2 heterocycles. The van der Waals surface area contributed by atoms with E-state index in [1.54, 1.807) is 30.6 Å². The van der Waals surface area contributed by atoms with E-state index in [0.29, 0.717) is 17.1 Å². The highest BCUT2D eigenvalue weighted by Gasteiger charge is 2.15. The number of para-hydroxylation sites is 1. The summed E-state index contributed by atoms with van der Waals surface area (Å²) in [5, 5.41) is 9.16. The van der Waals surface area contributed by atoms with Crippen molar-refractivity contribution in [2.45, 2.75) is 5.16 Å². The Morgan fingerprint density at radius 2 is 2.08 bits per heavy atom. The number of benzene rings is 2. The SMILES string of the molecule is COc1cccc(C(=O)CSc2nnc3sc4ccccc4n23)c1. The topological polar surface area (TPSA) is 56.5 Å². The molecule has 0 saturated carbocycles. The lowest BCUT2D eigenvalue weighted by molar-refractivity contribution is 0.102. The third-order valence-corrected chi connectivity index (χ3v) is 5.58. The average Bonchev–Trinajstić information content (AvgIpc) is 3.19. The molecule has 2 aromatic carbocycles. The molecular formula is C17H13N3O2S2. The van der Waals surface area contributed by atoms with Crippen molar-refractivity contribution in [3.63, 3.8) is 0 Å². The zero-order chi connectivity index (χ0) is 16.5. The summed E-state index contributed by atoms with van der Waals surface area (Å²) in [4.78, 5) is 13.3. The lowest BCUT2D eigenvalue weighted by atomic mass is 10.1. The van der Waals surface area contributed by atoms with E-state index >= 15 is 0 Å². The molecule has 0 aliphatic heterocycles. The summed E-state index contributed by atoms with van der Waals surface area (Å²) in [6.07, 6.45) is 0. The highest BCUT2D eigenvalue weighted by atomic mass is 32.2. The maximum Gasteiger partial charge on any atom is 0.217 e. The standard InChI is InChI=1S/C17H13N3O2S2/c1-22-12-6-4-5-11(9-12)14(21)10-23-16-18-19-17-20(16)13-7-2-3-8-15(13)24-17/h2-9H,10H2,1H3. The summed E-state index contributed by atoms with van der Waals surface area (Å²) >= 11 is 2.99. The van der Waals surface area contributed by atoms with Crippen molar-refractivity contribution in [2.75, 3.05) is 12.9 Å². The predicted molar refractivity (Wildman–Crippen MR) is 96.4 cm³/mol. The Hall–Kier alpha value is -2.38. The van der Waals surface area contributed by atoms with Gasteiger partial charge in [0.15, 0.2) is 10.9 Å². The van der Waals surface area contributed by atoms with Gasteiger partial charge in [0, 0.05) is 5.56 Å². The highest BCUT2D eigenvalue weighted by molar-refractivity contribution is 7.99. The number of methoxy groups -OCH3 is 1. The van der Waals surface area contributed by atoms with Crippen molar-refractivity contribution < 1.29 is 9.53 Å². The molecule has 0 bridgehead atoms. The number of nitrogens with zero attached hydrogens (tertiary/aromatic N) is 3. The number of ketones is 1. The molecule has 0 unspecified atom stereocenters. The second-order valence-corrected chi connectivity index (χ2v) is 7.07. The summed E-state index contributed by atoms with van der Waals surface area (Å²) in [6, 6.07) is 15.3. The first-order valence-electron chi connectivity index (χ1n) is 7.29. The number of hydrogen-bond acceptors (Lipinski definition) is 6. The van der Waals surface area contributed by atoms with Crippen LogP contribution in [0.25, 0.3) is 15.2 Å². The minimum atomic E-state index is 0.0372. The number of Topliss-reactive ketones (excluding diaryl/α,β-unsaturated/α-hetero) is 1.